The van der Waals surface area contributed by atoms with Gasteiger partial charge in [-0.15, -0.1) is 24.0 Å². The first kappa shape index (κ1) is 17.0. The summed E-state index contributed by atoms with van der Waals surface area (Å²) < 4.78 is 5.48. The van der Waals surface area contributed by atoms with Crippen molar-refractivity contribution in [3.8, 4) is 5.88 Å². The van der Waals surface area contributed by atoms with E-state index in [1.807, 2.05) is 19.1 Å². The summed E-state index contributed by atoms with van der Waals surface area (Å²) in [6, 6.07) is 3.87. The quantitative estimate of drug-likeness (QED) is 0.487. The first-order valence-electron chi connectivity index (χ1n) is 6.93. The Kier molecular flexibility index (Phi) is 7.64. The minimum atomic E-state index is 0. The van der Waals surface area contributed by atoms with Crippen molar-refractivity contribution in [3.63, 3.8) is 0 Å². The second kappa shape index (κ2) is 8.99. The fourth-order valence-corrected chi connectivity index (χ4v) is 2.20. The van der Waals surface area contributed by atoms with E-state index in [1.165, 1.54) is 19.3 Å². The highest BCUT2D eigenvalue weighted by Gasteiger charge is 2.12. The predicted octanol–water partition coefficient (Wildman–Crippen LogP) is 2.40. The van der Waals surface area contributed by atoms with Gasteiger partial charge in [0.25, 0.3) is 0 Å². The third-order valence-corrected chi connectivity index (χ3v) is 3.22. The first-order valence-corrected chi connectivity index (χ1v) is 6.93. The van der Waals surface area contributed by atoms with Crippen LogP contribution in [-0.4, -0.2) is 35.5 Å². The van der Waals surface area contributed by atoms with Crippen LogP contribution in [0, 0.1) is 0 Å². The molecule has 1 aromatic heterocycles. The third kappa shape index (κ3) is 4.81. The van der Waals surface area contributed by atoms with Gasteiger partial charge in [0.2, 0.25) is 5.88 Å². The number of guanidine groups is 1. The maximum Gasteiger partial charge on any atom is 0.218 e. The Hall–Kier alpha value is -1.05. The molecule has 5 nitrogen and oxygen atoms in total. The highest BCUT2D eigenvalue weighted by atomic mass is 127. The van der Waals surface area contributed by atoms with Gasteiger partial charge in [-0.25, -0.2) is 9.98 Å². The average molecular weight is 390 g/mol. The van der Waals surface area contributed by atoms with Crippen LogP contribution in [0.25, 0.3) is 0 Å². The second-order valence-corrected chi connectivity index (χ2v) is 4.62. The summed E-state index contributed by atoms with van der Waals surface area (Å²) in [6.45, 7) is 5.10. The lowest BCUT2D eigenvalue weighted by Crippen LogP contribution is -2.40. The van der Waals surface area contributed by atoms with Gasteiger partial charge in [-0.05, 0) is 32.3 Å². The molecule has 0 amide bonds. The second-order valence-electron chi connectivity index (χ2n) is 4.62. The van der Waals surface area contributed by atoms with E-state index < -0.39 is 0 Å². The Balaban J connectivity index is 0.00000200. The number of likely N-dealkylation sites (tertiary alicyclic amines) is 1. The molecular weight excluding hydrogens is 367 g/mol. The van der Waals surface area contributed by atoms with Gasteiger partial charge in [0.05, 0.1) is 13.2 Å². The molecular formula is C14H23IN4O. The molecule has 0 radical (unpaired) electrons. The number of aliphatic imine (C=N–C) groups is 1. The van der Waals surface area contributed by atoms with Gasteiger partial charge in [0.1, 0.15) is 0 Å². The molecule has 1 fully saturated rings. The minimum Gasteiger partial charge on any atom is -0.478 e. The summed E-state index contributed by atoms with van der Waals surface area (Å²) in [7, 11) is 0. The van der Waals surface area contributed by atoms with E-state index in [2.05, 4.69) is 14.9 Å². The molecule has 6 heteroatoms. The van der Waals surface area contributed by atoms with Crippen LogP contribution < -0.4 is 10.5 Å². The van der Waals surface area contributed by atoms with Crippen molar-refractivity contribution >= 4 is 29.9 Å². The molecule has 112 valence electrons. The molecule has 0 spiro atoms. The summed E-state index contributed by atoms with van der Waals surface area (Å²) in [5.74, 6) is 1.28. The van der Waals surface area contributed by atoms with E-state index in [1.54, 1.807) is 6.20 Å². The Labute approximate surface area is 137 Å². The number of hydrogen-bond acceptors (Lipinski definition) is 3. The molecule has 0 aliphatic carbocycles. The van der Waals surface area contributed by atoms with Gasteiger partial charge < -0.3 is 15.4 Å². The summed E-state index contributed by atoms with van der Waals surface area (Å²) in [4.78, 5) is 10.8. The minimum absolute atomic E-state index is 0. The van der Waals surface area contributed by atoms with Crippen LogP contribution in [0.3, 0.4) is 0 Å². The summed E-state index contributed by atoms with van der Waals surface area (Å²) in [5, 5.41) is 0. The average Bonchev–Trinajstić information content (AvgIpc) is 2.47. The number of halogens is 1. The zero-order valence-corrected chi connectivity index (χ0v) is 14.2. The molecule has 0 saturated carbocycles. The monoisotopic (exact) mass is 390 g/mol. The molecule has 0 atom stereocenters. The number of nitrogens with zero attached hydrogens (tertiary/aromatic N) is 3. The Morgan fingerprint density at radius 1 is 1.40 bits per heavy atom. The molecule has 2 heterocycles. The highest BCUT2D eigenvalue weighted by molar-refractivity contribution is 14.0. The van der Waals surface area contributed by atoms with Crippen molar-refractivity contribution < 1.29 is 4.74 Å². The predicted molar refractivity (Wildman–Crippen MR) is 91.6 cm³/mol. The SMILES string of the molecule is CCOc1ncccc1CN=C(N)N1CCCCC1.I. The Morgan fingerprint density at radius 3 is 2.85 bits per heavy atom. The van der Waals surface area contributed by atoms with Crippen LogP contribution >= 0.6 is 24.0 Å². The molecule has 0 aromatic carbocycles. The zero-order valence-electron chi connectivity index (χ0n) is 11.9. The van der Waals surface area contributed by atoms with Crippen LogP contribution in [0.15, 0.2) is 23.3 Å². The van der Waals surface area contributed by atoms with Crippen LogP contribution in [0.1, 0.15) is 31.7 Å². The number of nitrogens with two attached hydrogens (primary N) is 1. The number of hydrogen-bond donors (Lipinski definition) is 1. The van der Waals surface area contributed by atoms with E-state index in [0.29, 0.717) is 25.0 Å². The van der Waals surface area contributed by atoms with Crippen molar-refractivity contribution in [2.24, 2.45) is 10.7 Å². The van der Waals surface area contributed by atoms with E-state index >= 15 is 0 Å². The van der Waals surface area contributed by atoms with Crippen molar-refractivity contribution in [2.45, 2.75) is 32.7 Å². The van der Waals surface area contributed by atoms with Gasteiger partial charge >= 0.3 is 0 Å². The third-order valence-electron chi connectivity index (χ3n) is 3.22. The lowest BCUT2D eigenvalue weighted by atomic mass is 10.1. The van der Waals surface area contributed by atoms with Crippen LogP contribution in [0.5, 0.6) is 5.88 Å². The fraction of sp³-hybridized carbons (Fsp3) is 0.571. The highest BCUT2D eigenvalue weighted by Crippen LogP contribution is 2.15. The molecule has 2 rings (SSSR count). The number of pyridine rings is 1. The maximum absolute atomic E-state index is 6.03. The van der Waals surface area contributed by atoms with Gasteiger partial charge in [-0.3, -0.25) is 0 Å². The largest absolute Gasteiger partial charge is 0.478 e. The van der Waals surface area contributed by atoms with Crippen LogP contribution in [0.2, 0.25) is 0 Å². The molecule has 1 aromatic rings. The van der Waals surface area contributed by atoms with Gasteiger partial charge in [0, 0.05) is 24.8 Å². The molecule has 0 unspecified atom stereocenters. The van der Waals surface area contributed by atoms with Gasteiger partial charge in [-0.1, -0.05) is 6.07 Å². The molecule has 1 saturated heterocycles. The lowest BCUT2D eigenvalue weighted by molar-refractivity contribution is 0.322. The van der Waals surface area contributed by atoms with Crippen molar-refractivity contribution in [2.75, 3.05) is 19.7 Å². The Bertz CT molecular complexity index is 433. The number of piperidine rings is 1. The number of ether oxygens (including phenoxy) is 1. The Morgan fingerprint density at radius 2 is 2.15 bits per heavy atom. The van der Waals surface area contributed by atoms with E-state index in [-0.39, 0.29) is 24.0 Å². The first-order chi connectivity index (χ1) is 9.31. The molecule has 0 bridgehead atoms. The van der Waals surface area contributed by atoms with Crippen molar-refractivity contribution in [1.82, 2.24) is 9.88 Å². The standard InChI is InChI=1S/C14H22N4O.HI/c1-2-19-13-12(7-6-8-16-13)11-17-14(15)18-9-4-3-5-10-18;/h6-8H,2-5,9-11H2,1H3,(H2,15,17);1H. The van der Waals surface area contributed by atoms with Crippen LogP contribution in [-0.2, 0) is 6.54 Å². The van der Waals surface area contributed by atoms with E-state index in [4.69, 9.17) is 10.5 Å². The van der Waals surface area contributed by atoms with E-state index in [0.717, 1.165) is 18.7 Å². The summed E-state index contributed by atoms with van der Waals surface area (Å²) in [6.07, 6.45) is 5.42. The van der Waals surface area contributed by atoms with Gasteiger partial charge in [0.15, 0.2) is 5.96 Å². The number of rotatable bonds is 4. The summed E-state index contributed by atoms with van der Waals surface area (Å²) >= 11 is 0. The molecule has 2 N–H and O–H groups in total. The topological polar surface area (TPSA) is 63.7 Å². The lowest BCUT2D eigenvalue weighted by Gasteiger charge is -2.27. The van der Waals surface area contributed by atoms with Crippen molar-refractivity contribution in [3.05, 3.63) is 23.9 Å². The smallest absolute Gasteiger partial charge is 0.218 e. The zero-order chi connectivity index (χ0) is 13.5. The van der Waals surface area contributed by atoms with Crippen LogP contribution in [0.4, 0.5) is 0 Å². The van der Waals surface area contributed by atoms with Crippen molar-refractivity contribution in [1.29, 1.82) is 0 Å². The van der Waals surface area contributed by atoms with Gasteiger partial charge in [-0.2, -0.15) is 0 Å². The van der Waals surface area contributed by atoms with E-state index in [9.17, 15) is 0 Å². The normalized spacial score (nSPS) is 15.7. The fourth-order valence-electron chi connectivity index (χ4n) is 2.20. The summed E-state index contributed by atoms with van der Waals surface area (Å²) in [5.41, 5.74) is 7.01. The maximum atomic E-state index is 6.03. The molecule has 1 aliphatic heterocycles. The number of aromatic nitrogens is 1. The molecule has 1 aliphatic rings. The molecule has 20 heavy (non-hydrogen) atoms.